The number of hydrogen-bond donors (Lipinski definition) is 1. The van der Waals surface area contributed by atoms with Crippen LogP contribution in [0.3, 0.4) is 0 Å². The molecule has 1 rings (SSSR count). The largest absolute Gasteiger partial charge is 0.375 e. The van der Waals surface area contributed by atoms with E-state index < -0.39 is 21.3 Å². The van der Waals surface area contributed by atoms with Crippen LogP contribution in [0.1, 0.15) is 57.8 Å². The highest BCUT2D eigenvalue weighted by molar-refractivity contribution is 7.86. The van der Waals surface area contributed by atoms with Crippen LogP contribution in [0.4, 0.5) is 0 Å². The fraction of sp³-hybridized carbons (Fsp3) is 0.706. The van der Waals surface area contributed by atoms with Crippen molar-refractivity contribution in [3.8, 4) is 0 Å². The van der Waals surface area contributed by atoms with Crippen LogP contribution in [-0.2, 0) is 19.0 Å². The highest BCUT2D eigenvalue weighted by Crippen LogP contribution is 2.19. The second kappa shape index (κ2) is 9.12. The van der Waals surface area contributed by atoms with Crippen molar-refractivity contribution in [3.63, 3.8) is 0 Å². The zero-order chi connectivity index (χ0) is 19.1. The van der Waals surface area contributed by atoms with E-state index in [4.69, 9.17) is 8.92 Å². The van der Waals surface area contributed by atoms with E-state index in [1.165, 1.54) is 11.3 Å². The second-order valence-electron chi connectivity index (χ2n) is 7.13. The molecular weight excluding hydrogens is 362 g/mol. The lowest BCUT2D eigenvalue weighted by Gasteiger charge is -2.30. The lowest BCUT2D eigenvalue weighted by atomic mass is 10.00. The molecule has 0 aromatic carbocycles. The molecule has 0 fully saturated rings. The number of thiophene rings is 1. The van der Waals surface area contributed by atoms with Crippen LogP contribution in [0, 0.1) is 0 Å². The number of carbonyl (C=O) groups excluding carboxylic acids is 1. The number of carbonyl (C=O) groups is 1. The monoisotopic (exact) mass is 391 g/mol. The Hall–Kier alpha value is -0.960. The molecule has 0 aliphatic carbocycles. The van der Waals surface area contributed by atoms with E-state index in [1.807, 2.05) is 38.5 Å². The maximum Gasteiger partial charge on any atom is 0.267 e. The van der Waals surface area contributed by atoms with Crippen molar-refractivity contribution in [2.45, 2.75) is 58.6 Å². The van der Waals surface area contributed by atoms with E-state index in [0.717, 1.165) is 0 Å². The third-order valence-corrected chi connectivity index (χ3v) is 5.69. The Morgan fingerprint density at radius 2 is 1.92 bits per heavy atom. The average molecular weight is 392 g/mol. The predicted octanol–water partition coefficient (Wildman–Crippen LogP) is 3.20. The highest BCUT2D eigenvalue weighted by Gasteiger charge is 2.26. The molecular formula is C17H29NO5S2. The van der Waals surface area contributed by atoms with Crippen LogP contribution >= 0.6 is 11.3 Å². The summed E-state index contributed by atoms with van der Waals surface area (Å²) in [4.78, 5) is 12.1. The van der Waals surface area contributed by atoms with Gasteiger partial charge in [0.15, 0.2) is 0 Å². The number of rotatable bonds is 11. The Kier molecular flexibility index (Phi) is 8.05. The maximum absolute atomic E-state index is 12.1. The average Bonchev–Trinajstić information content (AvgIpc) is 2.99. The van der Waals surface area contributed by atoms with Crippen molar-refractivity contribution in [2.75, 3.05) is 19.0 Å². The quantitative estimate of drug-likeness (QED) is 0.586. The van der Waals surface area contributed by atoms with E-state index in [2.05, 4.69) is 5.32 Å². The molecule has 0 atom stereocenters. The fourth-order valence-corrected chi connectivity index (χ4v) is 3.95. The summed E-state index contributed by atoms with van der Waals surface area (Å²) >= 11 is 1.48. The lowest BCUT2D eigenvalue weighted by Crippen LogP contribution is -2.44. The molecule has 8 heteroatoms. The van der Waals surface area contributed by atoms with E-state index in [1.54, 1.807) is 13.0 Å². The molecule has 1 amide bonds. The van der Waals surface area contributed by atoms with Crippen LogP contribution in [0.25, 0.3) is 0 Å². The number of ether oxygens (including phenoxy) is 1. The molecule has 0 aliphatic heterocycles. The minimum Gasteiger partial charge on any atom is -0.375 e. The van der Waals surface area contributed by atoms with Gasteiger partial charge in [0.25, 0.3) is 16.0 Å². The normalized spacial score (nSPS) is 13.0. The summed E-state index contributed by atoms with van der Waals surface area (Å²) in [6, 6.07) is 1.79. The van der Waals surface area contributed by atoms with Crippen molar-refractivity contribution in [1.82, 2.24) is 5.32 Å². The number of amides is 1. The fourth-order valence-electron chi connectivity index (χ4n) is 2.10. The summed E-state index contributed by atoms with van der Waals surface area (Å²) in [5.74, 6) is -0.181. The van der Waals surface area contributed by atoms with E-state index in [0.29, 0.717) is 25.0 Å². The zero-order valence-corrected chi connectivity index (χ0v) is 17.3. The summed E-state index contributed by atoms with van der Waals surface area (Å²) in [7, 11) is -3.50. The minimum atomic E-state index is -3.50. The molecule has 6 nitrogen and oxygen atoms in total. The molecule has 1 aromatic rings. The van der Waals surface area contributed by atoms with E-state index >= 15 is 0 Å². The van der Waals surface area contributed by atoms with Crippen molar-refractivity contribution < 1.29 is 22.1 Å². The van der Waals surface area contributed by atoms with Crippen LogP contribution in [0.2, 0.25) is 0 Å². The van der Waals surface area contributed by atoms with Gasteiger partial charge in [-0.3, -0.25) is 8.98 Å². The SMILES string of the molecule is CCOS(=O)(=O)CCC(C)(C)OCCC(C)(C)NC(=O)c1ccsc1. The first-order chi connectivity index (χ1) is 11.5. The molecule has 0 radical (unpaired) electrons. The van der Waals surface area contributed by atoms with Gasteiger partial charge in [-0.15, -0.1) is 0 Å². The highest BCUT2D eigenvalue weighted by atomic mass is 32.2. The summed E-state index contributed by atoms with van der Waals surface area (Å²) in [6.07, 6.45) is 0.960. The molecule has 1 N–H and O–H groups in total. The summed E-state index contributed by atoms with van der Waals surface area (Å²) < 4.78 is 33.8. The lowest BCUT2D eigenvalue weighted by molar-refractivity contribution is -0.0269. The van der Waals surface area contributed by atoms with Crippen molar-refractivity contribution in [3.05, 3.63) is 22.4 Å². The van der Waals surface area contributed by atoms with Gasteiger partial charge in [0, 0.05) is 17.5 Å². The zero-order valence-electron chi connectivity index (χ0n) is 15.6. The Labute approximate surface area is 155 Å². The van der Waals surface area contributed by atoms with E-state index in [9.17, 15) is 13.2 Å². The van der Waals surface area contributed by atoms with Gasteiger partial charge in [0.2, 0.25) is 0 Å². The van der Waals surface area contributed by atoms with Crippen LogP contribution in [0.15, 0.2) is 16.8 Å². The number of nitrogens with one attached hydrogen (secondary N) is 1. The van der Waals surface area contributed by atoms with Gasteiger partial charge in [-0.1, -0.05) is 0 Å². The predicted molar refractivity (Wildman–Crippen MR) is 101 cm³/mol. The van der Waals surface area contributed by atoms with Crippen molar-refractivity contribution in [1.29, 1.82) is 0 Å². The van der Waals surface area contributed by atoms with Gasteiger partial charge in [-0.05, 0) is 58.9 Å². The second-order valence-corrected chi connectivity index (χ2v) is 9.67. The smallest absolute Gasteiger partial charge is 0.267 e. The maximum atomic E-state index is 12.1. The summed E-state index contributed by atoms with van der Waals surface area (Å²) in [5, 5.41) is 6.66. The third kappa shape index (κ3) is 8.80. The molecule has 0 aliphatic rings. The van der Waals surface area contributed by atoms with Crippen LogP contribution in [0.5, 0.6) is 0 Å². The van der Waals surface area contributed by atoms with Gasteiger partial charge in [0.1, 0.15) is 0 Å². The first-order valence-corrected chi connectivity index (χ1v) is 10.8. The van der Waals surface area contributed by atoms with Gasteiger partial charge in [-0.2, -0.15) is 19.8 Å². The first-order valence-electron chi connectivity index (χ1n) is 8.32. The standard InChI is InChI=1S/C17H29NO5S2/c1-6-23-25(20,21)12-9-17(4,5)22-10-8-16(2,3)18-15(19)14-7-11-24-13-14/h7,11,13H,6,8-10,12H2,1-5H3,(H,18,19). The molecule has 1 heterocycles. The van der Waals surface area contributed by atoms with Crippen molar-refractivity contribution >= 4 is 27.4 Å². The Morgan fingerprint density at radius 3 is 2.48 bits per heavy atom. The number of hydrogen-bond acceptors (Lipinski definition) is 6. The first kappa shape index (κ1) is 22.1. The topological polar surface area (TPSA) is 81.7 Å². The molecule has 144 valence electrons. The third-order valence-electron chi connectivity index (χ3n) is 3.71. The van der Waals surface area contributed by atoms with Crippen LogP contribution < -0.4 is 5.32 Å². The Morgan fingerprint density at radius 1 is 1.24 bits per heavy atom. The molecule has 0 saturated heterocycles. The Bertz CT molecular complexity index is 636. The van der Waals surface area contributed by atoms with Gasteiger partial charge >= 0.3 is 0 Å². The molecule has 0 spiro atoms. The van der Waals surface area contributed by atoms with Crippen LogP contribution in [-0.4, -0.2) is 44.4 Å². The van der Waals surface area contributed by atoms with Crippen molar-refractivity contribution in [2.24, 2.45) is 0 Å². The van der Waals surface area contributed by atoms with Gasteiger partial charge < -0.3 is 10.1 Å². The van der Waals surface area contributed by atoms with Gasteiger partial charge in [-0.25, -0.2) is 0 Å². The molecule has 0 saturated carbocycles. The minimum absolute atomic E-state index is 0.0773. The summed E-state index contributed by atoms with van der Waals surface area (Å²) in [6.45, 7) is 9.78. The summed E-state index contributed by atoms with van der Waals surface area (Å²) in [5.41, 5.74) is -0.357. The van der Waals surface area contributed by atoms with Gasteiger partial charge in [0.05, 0.1) is 23.5 Å². The molecule has 1 aromatic heterocycles. The molecule has 0 unspecified atom stereocenters. The molecule has 25 heavy (non-hydrogen) atoms. The Balaban J connectivity index is 2.42. The molecule has 0 bridgehead atoms. The van der Waals surface area contributed by atoms with E-state index in [-0.39, 0.29) is 18.3 Å².